The lowest BCUT2D eigenvalue weighted by atomic mass is 10.1. The Hall–Kier alpha value is -1.73. The topological polar surface area (TPSA) is 65.0 Å². The maximum atomic E-state index is 12.2. The molecule has 1 aromatic heterocycles. The van der Waals surface area contributed by atoms with Crippen LogP contribution in [0.25, 0.3) is 0 Å². The molecule has 1 aliphatic heterocycles. The van der Waals surface area contributed by atoms with Gasteiger partial charge in [0, 0.05) is 31.3 Å². The molecule has 0 saturated carbocycles. The fraction of sp³-hybridized carbons (Fsp3) is 0.500. The molecule has 1 N–H and O–H groups in total. The molecule has 1 aliphatic rings. The standard InChI is InChI=1S/C14H20N4O2S/c1-17(2)11(12-5-4-8-21-12)9-15-14(20)10-6-7-13(19)18(3)16-10/h4-5,8,11H,6-7,9H2,1-3H3,(H,15,20). The number of nitrogens with one attached hydrogen (secondary N) is 1. The third-order valence-corrected chi connectivity index (χ3v) is 4.39. The van der Waals surface area contributed by atoms with Gasteiger partial charge in [-0.25, -0.2) is 5.01 Å². The van der Waals surface area contributed by atoms with Gasteiger partial charge in [0.15, 0.2) is 0 Å². The molecule has 7 heteroatoms. The quantitative estimate of drug-likeness (QED) is 0.885. The Morgan fingerprint density at radius 3 is 2.86 bits per heavy atom. The Balaban J connectivity index is 1.97. The molecule has 2 heterocycles. The normalized spacial score (nSPS) is 16.9. The minimum atomic E-state index is -0.197. The van der Waals surface area contributed by atoms with Crippen molar-refractivity contribution in [3.05, 3.63) is 22.4 Å². The molecule has 0 bridgehead atoms. The van der Waals surface area contributed by atoms with Crippen molar-refractivity contribution in [3.63, 3.8) is 0 Å². The number of carbonyl (C=O) groups is 2. The van der Waals surface area contributed by atoms with Crippen molar-refractivity contribution in [2.24, 2.45) is 5.10 Å². The Labute approximate surface area is 128 Å². The molecule has 2 amide bonds. The predicted molar refractivity (Wildman–Crippen MR) is 83.2 cm³/mol. The van der Waals surface area contributed by atoms with Crippen molar-refractivity contribution in [1.29, 1.82) is 0 Å². The number of nitrogens with zero attached hydrogens (tertiary/aromatic N) is 3. The molecular weight excluding hydrogens is 288 g/mol. The Morgan fingerprint density at radius 2 is 2.29 bits per heavy atom. The lowest BCUT2D eigenvalue weighted by Gasteiger charge is -2.24. The Kier molecular flexibility index (Phi) is 5.08. The summed E-state index contributed by atoms with van der Waals surface area (Å²) in [4.78, 5) is 26.8. The SMILES string of the molecule is CN1N=C(C(=O)NCC(c2cccs2)N(C)C)CCC1=O. The Morgan fingerprint density at radius 1 is 1.52 bits per heavy atom. The van der Waals surface area contributed by atoms with Gasteiger partial charge in [-0.1, -0.05) is 6.07 Å². The van der Waals surface area contributed by atoms with Gasteiger partial charge in [0.25, 0.3) is 5.91 Å². The first-order chi connectivity index (χ1) is 9.99. The van der Waals surface area contributed by atoms with E-state index in [9.17, 15) is 9.59 Å². The van der Waals surface area contributed by atoms with Gasteiger partial charge in [-0.2, -0.15) is 5.10 Å². The fourth-order valence-corrected chi connectivity index (χ4v) is 3.07. The van der Waals surface area contributed by atoms with Crippen LogP contribution in [0.15, 0.2) is 22.6 Å². The van der Waals surface area contributed by atoms with Crippen LogP contribution in [0.4, 0.5) is 0 Å². The highest BCUT2D eigenvalue weighted by Crippen LogP contribution is 2.22. The summed E-state index contributed by atoms with van der Waals surface area (Å²) in [5, 5.41) is 10.2. The van der Waals surface area contributed by atoms with Gasteiger partial charge in [-0.15, -0.1) is 11.3 Å². The summed E-state index contributed by atoms with van der Waals surface area (Å²) in [6.07, 6.45) is 0.741. The predicted octanol–water partition coefficient (Wildman–Crippen LogP) is 1.08. The lowest BCUT2D eigenvalue weighted by molar-refractivity contribution is -0.130. The molecule has 0 radical (unpaired) electrons. The van der Waals surface area contributed by atoms with Crippen LogP contribution in [0.3, 0.4) is 0 Å². The summed E-state index contributed by atoms with van der Waals surface area (Å²) >= 11 is 1.67. The van der Waals surface area contributed by atoms with Crippen LogP contribution in [0.2, 0.25) is 0 Å². The number of hydrazone groups is 1. The maximum absolute atomic E-state index is 12.2. The molecule has 0 aromatic carbocycles. The zero-order valence-electron chi connectivity index (χ0n) is 12.5. The van der Waals surface area contributed by atoms with E-state index < -0.39 is 0 Å². The first kappa shape index (κ1) is 15.7. The number of amides is 2. The van der Waals surface area contributed by atoms with Crippen molar-refractivity contribution in [1.82, 2.24) is 15.2 Å². The van der Waals surface area contributed by atoms with Crippen molar-refractivity contribution in [3.8, 4) is 0 Å². The number of hydrogen-bond acceptors (Lipinski definition) is 5. The Bertz CT molecular complexity index is 539. The number of carbonyl (C=O) groups excluding carboxylic acids is 2. The van der Waals surface area contributed by atoms with Crippen LogP contribution in [-0.2, 0) is 9.59 Å². The largest absolute Gasteiger partial charge is 0.349 e. The summed E-state index contributed by atoms with van der Waals surface area (Å²) in [5.74, 6) is -0.256. The first-order valence-corrected chi connectivity index (χ1v) is 7.69. The molecule has 0 fully saturated rings. The van der Waals surface area contributed by atoms with E-state index in [1.54, 1.807) is 18.4 Å². The van der Waals surface area contributed by atoms with Crippen molar-refractivity contribution in [2.45, 2.75) is 18.9 Å². The van der Waals surface area contributed by atoms with Crippen LogP contribution in [0, 0.1) is 0 Å². The fourth-order valence-electron chi connectivity index (χ4n) is 2.14. The van der Waals surface area contributed by atoms with E-state index in [-0.39, 0.29) is 17.9 Å². The number of rotatable bonds is 5. The molecule has 2 rings (SSSR count). The highest BCUT2D eigenvalue weighted by Gasteiger charge is 2.23. The van der Waals surface area contributed by atoms with Crippen molar-refractivity contribution < 1.29 is 9.59 Å². The van der Waals surface area contributed by atoms with E-state index in [1.807, 2.05) is 25.5 Å². The average molecular weight is 308 g/mol. The van der Waals surface area contributed by atoms with E-state index in [0.29, 0.717) is 25.1 Å². The molecule has 21 heavy (non-hydrogen) atoms. The highest BCUT2D eigenvalue weighted by molar-refractivity contribution is 7.10. The van der Waals surface area contributed by atoms with E-state index in [1.165, 1.54) is 9.89 Å². The van der Waals surface area contributed by atoms with Crippen LogP contribution in [0.1, 0.15) is 23.8 Å². The molecule has 0 aliphatic carbocycles. The van der Waals surface area contributed by atoms with Gasteiger partial charge in [-0.05, 0) is 25.5 Å². The van der Waals surface area contributed by atoms with Gasteiger partial charge in [0.1, 0.15) is 5.71 Å². The zero-order valence-corrected chi connectivity index (χ0v) is 13.3. The van der Waals surface area contributed by atoms with E-state index in [2.05, 4.69) is 21.4 Å². The molecule has 1 unspecified atom stereocenters. The number of thiophene rings is 1. The minimum Gasteiger partial charge on any atom is -0.349 e. The third-order valence-electron chi connectivity index (χ3n) is 3.42. The summed E-state index contributed by atoms with van der Waals surface area (Å²) in [6, 6.07) is 4.20. The van der Waals surface area contributed by atoms with Crippen molar-refractivity contribution in [2.75, 3.05) is 27.7 Å². The third kappa shape index (κ3) is 3.89. The molecule has 114 valence electrons. The van der Waals surface area contributed by atoms with Crippen LogP contribution in [0.5, 0.6) is 0 Å². The molecular formula is C14H20N4O2S. The second kappa shape index (κ2) is 6.82. The summed E-state index contributed by atoms with van der Waals surface area (Å²) in [7, 11) is 5.55. The molecule has 1 aromatic rings. The van der Waals surface area contributed by atoms with Crippen molar-refractivity contribution >= 4 is 28.9 Å². The number of likely N-dealkylation sites (N-methyl/N-ethyl adjacent to an activating group) is 1. The van der Waals surface area contributed by atoms with Gasteiger partial charge < -0.3 is 10.2 Å². The average Bonchev–Trinajstić information content (AvgIpc) is 2.95. The van der Waals surface area contributed by atoms with Gasteiger partial charge >= 0.3 is 0 Å². The van der Waals surface area contributed by atoms with Gasteiger partial charge in [0.2, 0.25) is 5.91 Å². The van der Waals surface area contributed by atoms with Gasteiger partial charge in [0.05, 0.1) is 6.04 Å². The van der Waals surface area contributed by atoms with Crippen LogP contribution >= 0.6 is 11.3 Å². The summed E-state index contributed by atoms with van der Waals surface area (Å²) < 4.78 is 0. The number of hydrogen-bond donors (Lipinski definition) is 1. The first-order valence-electron chi connectivity index (χ1n) is 6.81. The molecule has 6 nitrogen and oxygen atoms in total. The molecule has 1 atom stereocenters. The summed E-state index contributed by atoms with van der Waals surface area (Å²) in [5.41, 5.74) is 0.417. The van der Waals surface area contributed by atoms with E-state index in [0.717, 1.165) is 0 Å². The van der Waals surface area contributed by atoms with E-state index >= 15 is 0 Å². The second-order valence-electron chi connectivity index (χ2n) is 5.17. The lowest BCUT2D eigenvalue weighted by Crippen LogP contribution is -2.40. The summed E-state index contributed by atoms with van der Waals surface area (Å²) in [6.45, 7) is 0.517. The molecule has 0 saturated heterocycles. The van der Waals surface area contributed by atoms with Crippen LogP contribution in [-0.4, -0.2) is 55.1 Å². The highest BCUT2D eigenvalue weighted by atomic mass is 32.1. The molecule has 0 spiro atoms. The van der Waals surface area contributed by atoms with Gasteiger partial charge in [-0.3, -0.25) is 9.59 Å². The van der Waals surface area contributed by atoms with E-state index in [4.69, 9.17) is 0 Å². The minimum absolute atomic E-state index is 0.0590. The monoisotopic (exact) mass is 308 g/mol. The smallest absolute Gasteiger partial charge is 0.267 e. The maximum Gasteiger partial charge on any atom is 0.267 e. The van der Waals surface area contributed by atoms with Crippen LogP contribution < -0.4 is 5.32 Å². The second-order valence-corrected chi connectivity index (χ2v) is 6.15. The zero-order chi connectivity index (χ0) is 15.4.